The van der Waals surface area contributed by atoms with Crippen LogP contribution in [0.4, 0.5) is 0 Å². The minimum atomic E-state index is 0.367. The van der Waals surface area contributed by atoms with Crippen molar-refractivity contribution >= 4 is 5.78 Å². The van der Waals surface area contributed by atoms with E-state index in [1.807, 2.05) is 6.92 Å². The number of ketones is 1. The van der Waals surface area contributed by atoms with Gasteiger partial charge in [0, 0.05) is 18.4 Å². The summed E-state index contributed by atoms with van der Waals surface area (Å²) in [5, 5.41) is 0. The van der Waals surface area contributed by atoms with E-state index in [1.54, 1.807) is 0 Å². The monoisotopic (exact) mass is 206 g/mol. The van der Waals surface area contributed by atoms with Crippen LogP contribution >= 0.6 is 0 Å². The first-order chi connectivity index (χ1) is 7.29. The summed E-state index contributed by atoms with van der Waals surface area (Å²) in [4.78, 5) is 12.0. The minimum absolute atomic E-state index is 0.367. The molecule has 0 saturated heterocycles. The minimum Gasteiger partial charge on any atom is -0.381 e. The van der Waals surface area contributed by atoms with Crippen molar-refractivity contribution in [3.05, 3.63) is 11.6 Å². The third kappa shape index (κ3) is 1.38. The molecule has 4 atom stereocenters. The van der Waals surface area contributed by atoms with Crippen LogP contribution in [0.3, 0.4) is 0 Å². The van der Waals surface area contributed by atoms with Crippen LogP contribution in [0.2, 0.25) is 0 Å². The Balaban J connectivity index is 1.85. The lowest BCUT2D eigenvalue weighted by Gasteiger charge is -2.48. The molecule has 0 N–H and O–H groups in total. The maximum Gasteiger partial charge on any atom is 0.162 e. The van der Waals surface area contributed by atoms with Crippen molar-refractivity contribution in [3.63, 3.8) is 0 Å². The summed E-state index contributed by atoms with van der Waals surface area (Å²) in [6.45, 7) is 3.54. The Bertz CT molecular complexity index is 318. The molecule has 82 valence electrons. The number of carbonyl (C=O) groups excluding carboxylic acids is 1. The van der Waals surface area contributed by atoms with Crippen molar-refractivity contribution < 1.29 is 9.53 Å². The second kappa shape index (κ2) is 3.44. The Hall–Kier alpha value is -0.630. The van der Waals surface area contributed by atoms with Crippen molar-refractivity contribution in [3.8, 4) is 0 Å². The van der Waals surface area contributed by atoms with Crippen LogP contribution in [0.1, 0.15) is 26.2 Å². The number of carbonyl (C=O) groups is 1. The topological polar surface area (TPSA) is 26.3 Å². The van der Waals surface area contributed by atoms with Crippen LogP contribution in [-0.4, -0.2) is 19.0 Å². The Labute approximate surface area is 90.7 Å². The van der Waals surface area contributed by atoms with Gasteiger partial charge in [-0.25, -0.2) is 0 Å². The highest BCUT2D eigenvalue weighted by Crippen LogP contribution is 2.51. The van der Waals surface area contributed by atoms with Gasteiger partial charge in [0.1, 0.15) is 0 Å². The first-order valence-corrected chi connectivity index (χ1v) is 6.13. The molecule has 0 spiro atoms. The van der Waals surface area contributed by atoms with Crippen molar-refractivity contribution in [2.24, 2.45) is 23.7 Å². The molecule has 0 aromatic carbocycles. The number of hydrogen-bond donors (Lipinski definition) is 0. The van der Waals surface area contributed by atoms with Crippen LogP contribution in [0.15, 0.2) is 11.6 Å². The van der Waals surface area contributed by atoms with Gasteiger partial charge in [0.05, 0.1) is 6.61 Å². The molecule has 0 radical (unpaired) electrons. The zero-order chi connectivity index (χ0) is 10.4. The molecule has 2 nitrogen and oxygen atoms in total. The summed E-state index contributed by atoms with van der Waals surface area (Å²) in [5.74, 6) is 2.67. The molecule has 2 heteroatoms. The number of allylic oxidation sites excluding steroid dienone is 1. The van der Waals surface area contributed by atoms with E-state index in [2.05, 4.69) is 6.08 Å². The molecule has 0 aliphatic heterocycles. The van der Waals surface area contributed by atoms with Crippen molar-refractivity contribution in [2.45, 2.75) is 26.2 Å². The number of rotatable bonds is 3. The standard InChI is InChI=1S/C13H18O2/c1-2-15-7-12-9-3-8-4-10(6-9)13(14)11(12)5-8/h5,8-10,12H,2-4,6-7H2,1H3. The second-order valence-corrected chi connectivity index (χ2v) is 5.18. The molecule has 0 aromatic heterocycles. The van der Waals surface area contributed by atoms with E-state index in [4.69, 9.17) is 4.74 Å². The molecular formula is C13H18O2. The Morgan fingerprint density at radius 1 is 1.40 bits per heavy atom. The molecule has 4 aliphatic rings. The van der Waals surface area contributed by atoms with Crippen molar-refractivity contribution in [1.29, 1.82) is 0 Å². The Kier molecular flexibility index (Phi) is 2.20. The summed E-state index contributed by atoms with van der Waals surface area (Å²) >= 11 is 0. The molecule has 2 saturated carbocycles. The van der Waals surface area contributed by atoms with E-state index in [-0.39, 0.29) is 0 Å². The molecule has 0 heterocycles. The highest BCUT2D eigenvalue weighted by Gasteiger charge is 2.48. The Morgan fingerprint density at radius 2 is 2.27 bits per heavy atom. The molecule has 4 aliphatic carbocycles. The van der Waals surface area contributed by atoms with Gasteiger partial charge in [-0.2, -0.15) is 0 Å². The molecular weight excluding hydrogens is 188 g/mol. The van der Waals surface area contributed by atoms with Gasteiger partial charge in [-0.3, -0.25) is 4.79 Å². The molecule has 4 rings (SSSR count). The maximum atomic E-state index is 12.0. The van der Waals surface area contributed by atoms with E-state index in [1.165, 1.54) is 6.42 Å². The lowest BCUT2D eigenvalue weighted by atomic mass is 9.56. The Morgan fingerprint density at radius 3 is 3.07 bits per heavy atom. The van der Waals surface area contributed by atoms with Gasteiger partial charge in [-0.1, -0.05) is 6.08 Å². The summed E-state index contributed by atoms with van der Waals surface area (Å²) < 4.78 is 5.51. The molecule has 2 fully saturated rings. The van der Waals surface area contributed by atoms with Gasteiger partial charge < -0.3 is 4.74 Å². The van der Waals surface area contributed by atoms with Gasteiger partial charge in [0.15, 0.2) is 5.78 Å². The zero-order valence-corrected chi connectivity index (χ0v) is 9.24. The van der Waals surface area contributed by atoms with E-state index in [0.29, 0.717) is 23.5 Å². The molecule has 15 heavy (non-hydrogen) atoms. The van der Waals surface area contributed by atoms with Crippen molar-refractivity contribution in [1.82, 2.24) is 0 Å². The average molecular weight is 206 g/mol. The third-order valence-electron chi connectivity index (χ3n) is 4.32. The fourth-order valence-electron chi connectivity index (χ4n) is 3.69. The van der Waals surface area contributed by atoms with Crippen molar-refractivity contribution in [2.75, 3.05) is 13.2 Å². The highest BCUT2D eigenvalue weighted by molar-refractivity contribution is 5.99. The zero-order valence-electron chi connectivity index (χ0n) is 9.24. The second-order valence-electron chi connectivity index (χ2n) is 5.18. The summed E-state index contributed by atoms with van der Waals surface area (Å²) in [5.41, 5.74) is 1.12. The van der Waals surface area contributed by atoms with Gasteiger partial charge in [-0.15, -0.1) is 0 Å². The number of hydrogen-bond acceptors (Lipinski definition) is 2. The fraction of sp³-hybridized carbons (Fsp3) is 0.769. The predicted molar refractivity (Wildman–Crippen MR) is 57.4 cm³/mol. The van der Waals surface area contributed by atoms with Crippen LogP contribution in [0.5, 0.6) is 0 Å². The predicted octanol–water partition coefficient (Wildman–Crippen LogP) is 2.19. The van der Waals surface area contributed by atoms with Gasteiger partial charge >= 0.3 is 0 Å². The van der Waals surface area contributed by atoms with E-state index in [9.17, 15) is 4.79 Å². The van der Waals surface area contributed by atoms with Crippen LogP contribution in [0, 0.1) is 23.7 Å². The average Bonchev–Trinajstić information content (AvgIpc) is 2.24. The molecule has 4 unspecified atom stereocenters. The maximum absolute atomic E-state index is 12.0. The van der Waals surface area contributed by atoms with Gasteiger partial charge in [0.2, 0.25) is 0 Å². The first kappa shape index (κ1) is 9.59. The molecule has 0 aromatic rings. The van der Waals surface area contributed by atoms with Crippen LogP contribution < -0.4 is 0 Å². The first-order valence-electron chi connectivity index (χ1n) is 6.13. The summed E-state index contributed by atoms with van der Waals surface area (Å²) in [7, 11) is 0. The normalized spacial score (nSPS) is 42.2. The smallest absolute Gasteiger partial charge is 0.162 e. The van der Waals surface area contributed by atoms with E-state index < -0.39 is 0 Å². The largest absolute Gasteiger partial charge is 0.381 e. The van der Waals surface area contributed by atoms with Gasteiger partial charge in [0.25, 0.3) is 0 Å². The highest BCUT2D eigenvalue weighted by atomic mass is 16.5. The number of ether oxygens (including phenoxy) is 1. The van der Waals surface area contributed by atoms with E-state index >= 15 is 0 Å². The summed E-state index contributed by atoms with van der Waals surface area (Å²) in [6, 6.07) is 0. The van der Waals surface area contributed by atoms with Crippen LogP contribution in [0.25, 0.3) is 0 Å². The quantitative estimate of drug-likeness (QED) is 0.707. The fourth-order valence-corrected chi connectivity index (χ4v) is 3.69. The lowest BCUT2D eigenvalue weighted by molar-refractivity contribution is -0.126. The SMILES string of the molecule is CCOCC1C2=CC3CC(CC1C3)C2=O. The van der Waals surface area contributed by atoms with E-state index in [0.717, 1.165) is 37.5 Å². The van der Waals surface area contributed by atoms with Gasteiger partial charge in [-0.05, 0) is 43.6 Å². The lowest BCUT2D eigenvalue weighted by Crippen LogP contribution is -2.45. The van der Waals surface area contributed by atoms with Crippen LogP contribution in [-0.2, 0) is 9.53 Å². The third-order valence-corrected chi connectivity index (χ3v) is 4.32. The molecule has 0 amide bonds. The number of Topliss-reactive ketones (excluding diaryl/α,β-unsaturated/α-hetero) is 1. The summed E-state index contributed by atoms with van der Waals surface area (Å²) in [6.07, 6.45) is 5.80. The molecule has 4 bridgehead atoms.